The van der Waals surface area contributed by atoms with Gasteiger partial charge in [-0.25, -0.2) is 0 Å². The fourth-order valence-electron chi connectivity index (χ4n) is 3.14. The van der Waals surface area contributed by atoms with Crippen molar-refractivity contribution < 1.29 is 28.9 Å². The summed E-state index contributed by atoms with van der Waals surface area (Å²) in [6.07, 6.45) is -0.914. The van der Waals surface area contributed by atoms with E-state index in [-0.39, 0.29) is 18.8 Å². The summed E-state index contributed by atoms with van der Waals surface area (Å²) in [6.45, 7) is 7.92. The first kappa shape index (κ1) is 14.2. The molecule has 3 aliphatic rings. The Labute approximate surface area is 117 Å². The lowest BCUT2D eigenvalue weighted by molar-refractivity contribution is -0.555. The molecule has 0 unspecified atom stereocenters. The Kier molecular flexibility index (Phi) is 3.07. The van der Waals surface area contributed by atoms with Gasteiger partial charge in [-0.15, -0.1) is 0 Å². The van der Waals surface area contributed by atoms with Crippen LogP contribution in [0.2, 0.25) is 0 Å². The molecule has 0 radical (unpaired) electrons. The van der Waals surface area contributed by atoms with Crippen LogP contribution in [-0.4, -0.2) is 48.8 Å². The van der Waals surface area contributed by atoms with E-state index in [1.807, 2.05) is 32.9 Å². The SMILES string of the molecule is CC1(C)O[C@@H]2[C@H](CO[C@@]3(CN[NH+]=[N-])OC(C)(C)O[C@H]23)O1. The summed E-state index contributed by atoms with van der Waals surface area (Å²) in [4.78, 5) is 0. The highest BCUT2D eigenvalue weighted by molar-refractivity contribution is 5.03. The van der Waals surface area contributed by atoms with Crippen LogP contribution in [0.25, 0.3) is 5.53 Å². The van der Waals surface area contributed by atoms with Gasteiger partial charge in [-0.3, -0.25) is 5.43 Å². The van der Waals surface area contributed by atoms with Gasteiger partial charge in [0.25, 0.3) is 0 Å². The third-order valence-corrected chi connectivity index (χ3v) is 3.69. The minimum Gasteiger partial charge on any atom is -0.344 e. The molecule has 0 aromatic heterocycles. The minimum atomic E-state index is -1.02. The molecule has 0 saturated carbocycles. The molecule has 3 fully saturated rings. The van der Waals surface area contributed by atoms with E-state index < -0.39 is 23.5 Å². The van der Waals surface area contributed by atoms with Gasteiger partial charge in [0, 0.05) is 0 Å². The first-order chi connectivity index (χ1) is 9.27. The predicted molar refractivity (Wildman–Crippen MR) is 64.9 cm³/mol. The molecule has 20 heavy (non-hydrogen) atoms. The van der Waals surface area contributed by atoms with Gasteiger partial charge in [-0.05, 0) is 27.7 Å². The number of fused-ring (bicyclic) bond motifs is 3. The maximum atomic E-state index is 8.75. The van der Waals surface area contributed by atoms with Crippen LogP contribution in [0, 0.1) is 0 Å². The molecule has 3 aliphatic heterocycles. The highest BCUT2D eigenvalue weighted by Crippen LogP contribution is 2.46. The second kappa shape index (κ2) is 4.35. The lowest BCUT2D eigenvalue weighted by Gasteiger charge is -2.41. The monoisotopic (exact) mass is 287 g/mol. The van der Waals surface area contributed by atoms with Gasteiger partial charge >= 0.3 is 0 Å². The largest absolute Gasteiger partial charge is 0.344 e. The van der Waals surface area contributed by atoms with Gasteiger partial charge in [0.2, 0.25) is 5.79 Å². The van der Waals surface area contributed by atoms with Gasteiger partial charge in [0.05, 0.1) is 13.2 Å². The maximum absolute atomic E-state index is 8.75. The first-order valence-electron chi connectivity index (χ1n) is 6.76. The Hall–Kier alpha value is -0.800. The third kappa shape index (κ3) is 2.21. The fourth-order valence-corrected chi connectivity index (χ4v) is 3.14. The number of hydrazine groups is 1. The number of nitrogens with zero attached hydrogens (tertiary/aromatic N) is 1. The van der Waals surface area contributed by atoms with Crippen molar-refractivity contribution in [3.05, 3.63) is 5.53 Å². The molecule has 0 aromatic carbocycles. The number of hydrogen-bond acceptors (Lipinski definition) is 5. The summed E-state index contributed by atoms with van der Waals surface area (Å²) in [5.41, 5.74) is 11.3. The van der Waals surface area contributed by atoms with Crippen molar-refractivity contribution in [1.82, 2.24) is 5.43 Å². The highest BCUT2D eigenvalue weighted by atomic mass is 16.9. The Morgan fingerprint density at radius 1 is 1.15 bits per heavy atom. The summed E-state index contributed by atoms with van der Waals surface area (Å²) >= 11 is 0. The molecule has 8 heteroatoms. The number of rotatable bonds is 3. The van der Waals surface area contributed by atoms with E-state index in [1.54, 1.807) is 0 Å². The second-order valence-corrected chi connectivity index (χ2v) is 6.27. The zero-order chi connectivity index (χ0) is 14.6. The van der Waals surface area contributed by atoms with Crippen molar-refractivity contribution in [3.63, 3.8) is 0 Å². The fraction of sp³-hybridized carbons (Fsp3) is 1.00. The van der Waals surface area contributed by atoms with E-state index in [0.29, 0.717) is 6.61 Å². The standard InChI is InChI=1S/C12H21N3O5/c1-10(2)17-7-5-16-12(6-14-15-13)9(8(7)18-10)19-11(3,4)20-12/h7-9,15H,5-6H2,1-4H3,(H-,13,14)/t7-,8+,9+,12-/m0/s1. The van der Waals surface area contributed by atoms with Crippen LogP contribution in [0.1, 0.15) is 27.7 Å². The molecule has 0 aromatic rings. The molecule has 3 rings (SSSR count). The van der Waals surface area contributed by atoms with E-state index in [2.05, 4.69) is 5.43 Å². The summed E-state index contributed by atoms with van der Waals surface area (Å²) < 4.78 is 29.5. The molecule has 0 spiro atoms. The summed E-state index contributed by atoms with van der Waals surface area (Å²) in [6, 6.07) is 0. The number of hydrogen-bond donors (Lipinski definition) is 2. The smallest absolute Gasteiger partial charge is 0.204 e. The molecule has 0 amide bonds. The molecular weight excluding hydrogens is 266 g/mol. The minimum absolute atomic E-state index is 0.192. The molecule has 4 atom stereocenters. The Morgan fingerprint density at radius 3 is 2.60 bits per heavy atom. The molecule has 8 nitrogen and oxygen atoms in total. The second-order valence-electron chi connectivity index (χ2n) is 6.27. The molecular formula is C12H21N3O5. The van der Waals surface area contributed by atoms with Crippen molar-refractivity contribution >= 4 is 0 Å². The zero-order valence-corrected chi connectivity index (χ0v) is 12.1. The van der Waals surface area contributed by atoms with E-state index in [0.717, 1.165) is 0 Å². The predicted octanol–water partition coefficient (Wildman–Crippen LogP) is -1.01. The van der Waals surface area contributed by atoms with Gasteiger partial charge in [-0.2, -0.15) is 10.8 Å². The maximum Gasteiger partial charge on any atom is 0.204 e. The normalized spacial score (nSPS) is 44.7. The van der Waals surface area contributed by atoms with E-state index in [9.17, 15) is 0 Å². The molecule has 2 N–H and O–H groups in total. The van der Waals surface area contributed by atoms with Crippen LogP contribution in [0.15, 0.2) is 0 Å². The van der Waals surface area contributed by atoms with Crippen LogP contribution in [0.3, 0.4) is 0 Å². The van der Waals surface area contributed by atoms with Crippen molar-refractivity contribution in [2.45, 2.75) is 63.4 Å². The first-order valence-corrected chi connectivity index (χ1v) is 6.76. The lowest BCUT2D eigenvalue weighted by atomic mass is 9.97. The van der Waals surface area contributed by atoms with Crippen LogP contribution in [-0.2, 0) is 23.7 Å². The summed E-state index contributed by atoms with van der Waals surface area (Å²) in [7, 11) is 0. The van der Waals surface area contributed by atoms with Crippen LogP contribution in [0.5, 0.6) is 0 Å². The number of nitrogens with one attached hydrogen (secondary N) is 2. The van der Waals surface area contributed by atoms with Crippen LogP contribution < -0.4 is 10.6 Å². The Balaban J connectivity index is 1.87. The topological polar surface area (TPSA) is 94.5 Å². The van der Waals surface area contributed by atoms with Crippen molar-refractivity contribution in [3.8, 4) is 0 Å². The van der Waals surface area contributed by atoms with Crippen molar-refractivity contribution in [1.29, 1.82) is 0 Å². The van der Waals surface area contributed by atoms with Crippen molar-refractivity contribution in [2.24, 2.45) is 0 Å². The molecule has 3 saturated heterocycles. The van der Waals surface area contributed by atoms with Crippen LogP contribution in [0.4, 0.5) is 0 Å². The summed E-state index contributed by atoms with van der Waals surface area (Å²) in [5, 5.41) is 1.89. The Bertz CT molecular complexity index is 416. The molecule has 0 bridgehead atoms. The quantitative estimate of drug-likeness (QED) is 0.510. The van der Waals surface area contributed by atoms with E-state index in [1.165, 1.54) is 0 Å². The van der Waals surface area contributed by atoms with Gasteiger partial charge in [-0.1, -0.05) is 0 Å². The van der Waals surface area contributed by atoms with Gasteiger partial charge in [0.15, 0.2) is 11.6 Å². The van der Waals surface area contributed by atoms with E-state index >= 15 is 0 Å². The van der Waals surface area contributed by atoms with E-state index in [4.69, 9.17) is 29.2 Å². The third-order valence-electron chi connectivity index (χ3n) is 3.69. The zero-order valence-electron chi connectivity index (χ0n) is 12.1. The molecule has 3 heterocycles. The number of ether oxygens (including phenoxy) is 5. The van der Waals surface area contributed by atoms with Gasteiger partial charge in [0.1, 0.15) is 18.3 Å². The van der Waals surface area contributed by atoms with Gasteiger partial charge < -0.3 is 23.7 Å². The lowest BCUT2D eigenvalue weighted by Crippen LogP contribution is -2.79. The molecule has 0 aliphatic carbocycles. The van der Waals surface area contributed by atoms with Crippen molar-refractivity contribution in [2.75, 3.05) is 13.2 Å². The van der Waals surface area contributed by atoms with Crippen LogP contribution >= 0.6 is 0 Å². The summed E-state index contributed by atoms with van der Waals surface area (Å²) in [5.74, 6) is -2.50. The highest BCUT2D eigenvalue weighted by Gasteiger charge is 2.64. The average molecular weight is 287 g/mol. The molecule has 114 valence electrons. The Morgan fingerprint density at radius 2 is 1.90 bits per heavy atom. The average Bonchev–Trinajstić information content (AvgIpc) is 2.78.